The summed E-state index contributed by atoms with van der Waals surface area (Å²) >= 11 is 0. The minimum absolute atomic E-state index is 0.180. The standard InChI is InChI=1S/C27H26N6O3/c1-3-5-23(34)32-14-4-6-22(32)27-31-24(25-26(28)29-13-15-33(25)27)18-7-10-20(11-8-18)36-17-19-9-12-21(35-2)16-30-19/h7-13,15-16,22H,4,6,14,17H2,1-2H3,(H2,28,29)/t22-/m0/s1. The third-order valence-electron chi connectivity index (χ3n) is 6.20. The lowest BCUT2D eigenvalue weighted by Gasteiger charge is -2.21. The van der Waals surface area contributed by atoms with E-state index < -0.39 is 0 Å². The van der Waals surface area contributed by atoms with Crippen molar-refractivity contribution in [3.05, 3.63) is 66.5 Å². The maximum Gasteiger partial charge on any atom is 0.299 e. The number of rotatable bonds is 6. The van der Waals surface area contributed by atoms with E-state index in [4.69, 9.17) is 20.2 Å². The number of ether oxygens (including phenoxy) is 2. The quantitative estimate of drug-likeness (QED) is 0.418. The highest BCUT2D eigenvalue weighted by Crippen LogP contribution is 2.36. The Balaban J connectivity index is 1.43. The molecule has 0 radical (unpaired) electrons. The van der Waals surface area contributed by atoms with Gasteiger partial charge in [-0.1, -0.05) is 5.92 Å². The van der Waals surface area contributed by atoms with Crippen molar-refractivity contribution < 1.29 is 14.3 Å². The van der Waals surface area contributed by atoms with Gasteiger partial charge in [0.15, 0.2) is 0 Å². The van der Waals surface area contributed by atoms with Crippen molar-refractivity contribution >= 4 is 17.2 Å². The summed E-state index contributed by atoms with van der Waals surface area (Å²) in [6.07, 6.45) is 6.85. The van der Waals surface area contributed by atoms with Gasteiger partial charge < -0.3 is 20.1 Å². The topological polar surface area (TPSA) is 108 Å². The Bertz CT molecular complexity index is 1450. The average molecular weight is 483 g/mol. The van der Waals surface area contributed by atoms with E-state index in [0.29, 0.717) is 41.7 Å². The van der Waals surface area contributed by atoms with Crippen molar-refractivity contribution in [3.8, 4) is 34.6 Å². The average Bonchev–Trinajstić information content (AvgIpc) is 3.54. The van der Waals surface area contributed by atoms with E-state index in [9.17, 15) is 4.79 Å². The number of amides is 1. The maximum absolute atomic E-state index is 12.6. The highest BCUT2D eigenvalue weighted by molar-refractivity contribution is 5.94. The molecule has 0 aliphatic carbocycles. The van der Waals surface area contributed by atoms with Crippen LogP contribution in [0.15, 0.2) is 55.0 Å². The number of carbonyl (C=O) groups excluding carboxylic acids is 1. The Morgan fingerprint density at radius 3 is 2.69 bits per heavy atom. The fraction of sp³-hybridized carbons (Fsp3) is 0.259. The third kappa shape index (κ3) is 4.41. The molecular weight excluding hydrogens is 456 g/mol. The summed E-state index contributed by atoms with van der Waals surface area (Å²) in [6, 6.07) is 11.2. The number of anilines is 1. The first kappa shape index (κ1) is 23.2. The van der Waals surface area contributed by atoms with Crippen LogP contribution in [0.3, 0.4) is 0 Å². The lowest BCUT2D eigenvalue weighted by molar-refractivity contribution is -0.126. The second-order valence-electron chi connectivity index (χ2n) is 8.38. The number of methoxy groups -OCH3 is 1. The molecule has 1 aromatic carbocycles. The van der Waals surface area contributed by atoms with Crippen molar-refractivity contribution in [2.24, 2.45) is 0 Å². The first-order valence-corrected chi connectivity index (χ1v) is 11.7. The largest absolute Gasteiger partial charge is 0.495 e. The summed E-state index contributed by atoms with van der Waals surface area (Å²) in [5.74, 6) is 7.71. The normalized spacial score (nSPS) is 14.9. The molecule has 36 heavy (non-hydrogen) atoms. The molecule has 1 atom stereocenters. The molecule has 1 saturated heterocycles. The van der Waals surface area contributed by atoms with E-state index in [1.165, 1.54) is 0 Å². The Morgan fingerprint density at radius 2 is 1.97 bits per heavy atom. The number of fused-ring (bicyclic) bond motifs is 1. The molecule has 3 aromatic heterocycles. The fourth-order valence-corrected chi connectivity index (χ4v) is 4.46. The highest BCUT2D eigenvalue weighted by Gasteiger charge is 2.33. The Morgan fingerprint density at radius 1 is 1.17 bits per heavy atom. The van der Waals surface area contributed by atoms with Crippen LogP contribution >= 0.6 is 0 Å². The molecule has 1 amide bonds. The van der Waals surface area contributed by atoms with Crippen molar-refractivity contribution in [2.45, 2.75) is 32.4 Å². The van der Waals surface area contributed by atoms with Gasteiger partial charge in [0.25, 0.3) is 5.91 Å². The summed E-state index contributed by atoms with van der Waals surface area (Å²) < 4.78 is 13.0. The molecule has 1 fully saturated rings. The zero-order valence-corrected chi connectivity index (χ0v) is 20.1. The smallest absolute Gasteiger partial charge is 0.299 e. The van der Waals surface area contributed by atoms with E-state index in [0.717, 1.165) is 29.9 Å². The van der Waals surface area contributed by atoms with Gasteiger partial charge in [0.2, 0.25) is 0 Å². The molecule has 0 spiro atoms. The van der Waals surface area contributed by atoms with Gasteiger partial charge in [-0.25, -0.2) is 9.97 Å². The number of hydrogen-bond acceptors (Lipinski definition) is 7. The lowest BCUT2D eigenvalue weighted by Crippen LogP contribution is -2.30. The summed E-state index contributed by atoms with van der Waals surface area (Å²) in [6.45, 7) is 2.65. The molecule has 4 heterocycles. The van der Waals surface area contributed by atoms with Crippen molar-refractivity contribution in [3.63, 3.8) is 0 Å². The number of nitrogens with two attached hydrogens (primary N) is 1. The van der Waals surface area contributed by atoms with E-state index in [1.54, 1.807) is 31.3 Å². The number of pyridine rings is 1. The molecule has 9 heteroatoms. The maximum atomic E-state index is 12.6. The summed E-state index contributed by atoms with van der Waals surface area (Å²) in [5, 5.41) is 0. The van der Waals surface area contributed by atoms with Crippen LogP contribution in [-0.2, 0) is 11.4 Å². The van der Waals surface area contributed by atoms with Crippen LogP contribution in [0.2, 0.25) is 0 Å². The van der Waals surface area contributed by atoms with Crippen molar-refractivity contribution in [1.82, 2.24) is 24.3 Å². The molecule has 1 aliphatic heterocycles. The molecule has 182 valence electrons. The minimum atomic E-state index is -0.187. The van der Waals surface area contributed by atoms with Gasteiger partial charge in [-0.15, -0.1) is 0 Å². The molecule has 0 saturated carbocycles. The van der Waals surface area contributed by atoms with E-state index >= 15 is 0 Å². The van der Waals surface area contributed by atoms with Crippen LogP contribution in [0.1, 0.15) is 37.3 Å². The predicted molar refractivity (Wildman–Crippen MR) is 135 cm³/mol. The molecule has 5 rings (SSSR count). The van der Waals surface area contributed by atoms with Gasteiger partial charge in [0.05, 0.1) is 25.0 Å². The lowest BCUT2D eigenvalue weighted by atomic mass is 10.1. The second kappa shape index (κ2) is 9.96. The zero-order chi connectivity index (χ0) is 25.1. The first-order chi connectivity index (χ1) is 17.6. The number of nitrogen functional groups attached to an aromatic ring is 1. The highest BCUT2D eigenvalue weighted by atomic mass is 16.5. The first-order valence-electron chi connectivity index (χ1n) is 11.7. The number of nitrogens with zero attached hydrogens (tertiary/aromatic N) is 5. The monoisotopic (exact) mass is 482 g/mol. The molecule has 9 nitrogen and oxygen atoms in total. The molecule has 0 unspecified atom stereocenters. The van der Waals surface area contributed by atoms with Gasteiger partial charge >= 0.3 is 0 Å². The molecule has 2 N–H and O–H groups in total. The van der Waals surface area contributed by atoms with E-state index in [-0.39, 0.29) is 11.9 Å². The van der Waals surface area contributed by atoms with Gasteiger partial charge in [-0.2, -0.15) is 0 Å². The third-order valence-corrected chi connectivity index (χ3v) is 6.20. The molecule has 4 aromatic rings. The van der Waals surface area contributed by atoms with Crippen molar-refractivity contribution in [1.29, 1.82) is 0 Å². The summed E-state index contributed by atoms with van der Waals surface area (Å²) in [4.78, 5) is 28.0. The Hall–Kier alpha value is -4.58. The number of likely N-dealkylation sites (tertiary alicyclic amines) is 1. The fourth-order valence-electron chi connectivity index (χ4n) is 4.46. The van der Waals surface area contributed by atoms with E-state index in [2.05, 4.69) is 21.8 Å². The Labute approximate surface area is 208 Å². The number of imidazole rings is 1. The number of aromatic nitrogens is 4. The van der Waals surface area contributed by atoms with Crippen LogP contribution in [0.4, 0.5) is 5.82 Å². The van der Waals surface area contributed by atoms with Gasteiger partial charge in [-0.05, 0) is 62.1 Å². The minimum Gasteiger partial charge on any atom is -0.495 e. The van der Waals surface area contributed by atoms with Crippen LogP contribution in [0.5, 0.6) is 11.5 Å². The van der Waals surface area contributed by atoms with Crippen LogP contribution in [0.25, 0.3) is 16.8 Å². The SMILES string of the molecule is CC#CC(=O)N1CCC[C@H]1c1nc(-c2ccc(OCc3ccc(OC)cn3)cc2)c2c(N)nccn12. The van der Waals surface area contributed by atoms with Gasteiger partial charge in [0, 0.05) is 24.5 Å². The summed E-state index contributed by atoms with van der Waals surface area (Å²) in [5.41, 5.74) is 9.39. The number of carbonyl (C=O) groups is 1. The van der Waals surface area contributed by atoms with E-state index in [1.807, 2.05) is 47.0 Å². The predicted octanol–water partition coefficient (Wildman–Crippen LogP) is 3.65. The van der Waals surface area contributed by atoms with Gasteiger partial charge in [0.1, 0.15) is 41.0 Å². The molecule has 1 aliphatic rings. The summed E-state index contributed by atoms with van der Waals surface area (Å²) in [7, 11) is 1.61. The molecular formula is C27H26N6O3. The molecule has 0 bridgehead atoms. The number of hydrogen-bond donors (Lipinski definition) is 1. The Kier molecular flexibility index (Phi) is 6.41. The van der Waals surface area contributed by atoms with Crippen LogP contribution in [0, 0.1) is 11.8 Å². The zero-order valence-electron chi connectivity index (χ0n) is 20.1. The van der Waals surface area contributed by atoms with Gasteiger partial charge in [-0.3, -0.25) is 14.2 Å². The van der Waals surface area contributed by atoms with Crippen molar-refractivity contribution in [2.75, 3.05) is 19.4 Å². The van der Waals surface area contributed by atoms with Crippen LogP contribution < -0.4 is 15.2 Å². The van der Waals surface area contributed by atoms with Crippen LogP contribution in [-0.4, -0.2) is 43.8 Å². The second-order valence-corrected chi connectivity index (χ2v) is 8.38. The number of benzene rings is 1.